The lowest BCUT2D eigenvalue weighted by atomic mass is 9.83. The van der Waals surface area contributed by atoms with E-state index in [1.165, 1.54) is 0 Å². The van der Waals surface area contributed by atoms with Gasteiger partial charge in [-0.3, -0.25) is 0 Å². The van der Waals surface area contributed by atoms with Crippen molar-refractivity contribution in [1.29, 1.82) is 0 Å². The third-order valence-corrected chi connectivity index (χ3v) is 4.94. The first-order valence-electron chi connectivity index (χ1n) is 7.61. The third-order valence-electron chi connectivity index (χ3n) is 4.94. The first-order chi connectivity index (χ1) is 9.43. The number of rotatable bonds is 2. The van der Waals surface area contributed by atoms with E-state index in [0.29, 0.717) is 19.5 Å². The zero-order chi connectivity index (χ0) is 16.1. The summed E-state index contributed by atoms with van der Waals surface area (Å²) in [6.07, 6.45) is -4.03. The van der Waals surface area contributed by atoms with Crippen LogP contribution in [0.2, 0.25) is 0 Å². The van der Waals surface area contributed by atoms with Gasteiger partial charge in [0.1, 0.15) is 0 Å². The average molecular weight is 309 g/mol. The summed E-state index contributed by atoms with van der Waals surface area (Å²) >= 11 is 0. The highest BCUT2D eigenvalue weighted by molar-refractivity contribution is 5.02. The largest absolute Gasteiger partial charge is 0.393 e. The number of alkyl halides is 3. The van der Waals surface area contributed by atoms with E-state index >= 15 is 0 Å². The second-order valence-electron chi connectivity index (χ2n) is 7.50. The van der Waals surface area contributed by atoms with Crippen LogP contribution < -0.4 is 0 Å². The molecular weight excluding hydrogens is 283 g/mol. The first-order valence-corrected chi connectivity index (χ1v) is 7.61. The molecule has 21 heavy (non-hydrogen) atoms. The molecular formula is C15H26F3NO2. The van der Waals surface area contributed by atoms with Crippen LogP contribution in [0.15, 0.2) is 0 Å². The van der Waals surface area contributed by atoms with Gasteiger partial charge in [0.25, 0.3) is 0 Å². The van der Waals surface area contributed by atoms with E-state index in [9.17, 15) is 18.3 Å². The summed E-state index contributed by atoms with van der Waals surface area (Å²) < 4.78 is 44.5. The molecule has 1 N–H and O–H groups in total. The topological polar surface area (TPSA) is 32.7 Å². The molecule has 2 rings (SSSR count). The molecule has 2 fully saturated rings. The Morgan fingerprint density at radius 2 is 1.81 bits per heavy atom. The summed E-state index contributed by atoms with van der Waals surface area (Å²) in [4.78, 5) is 1.84. The summed E-state index contributed by atoms with van der Waals surface area (Å²) in [6.45, 7) is 8.60. The van der Waals surface area contributed by atoms with E-state index in [2.05, 4.69) is 0 Å². The highest BCUT2D eigenvalue weighted by Crippen LogP contribution is 2.43. The third kappa shape index (κ3) is 3.54. The van der Waals surface area contributed by atoms with Crippen molar-refractivity contribution in [3.63, 3.8) is 0 Å². The Morgan fingerprint density at radius 3 is 2.29 bits per heavy atom. The van der Waals surface area contributed by atoms with Gasteiger partial charge in [-0.15, -0.1) is 0 Å². The van der Waals surface area contributed by atoms with Crippen LogP contribution in [0.25, 0.3) is 0 Å². The van der Waals surface area contributed by atoms with Gasteiger partial charge in [-0.2, -0.15) is 13.2 Å². The van der Waals surface area contributed by atoms with Gasteiger partial charge >= 0.3 is 6.18 Å². The lowest BCUT2D eigenvalue weighted by Gasteiger charge is -2.38. The maximum atomic E-state index is 12.9. The van der Waals surface area contributed by atoms with Crippen molar-refractivity contribution >= 4 is 0 Å². The van der Waals surface area contributed by atoms with Crippen molar-refractivity contribution in [3.05, 3.63) is 0 Å². The van der Waals surface area contributed by atoms with E-state index in [0.717, 1.165) is 0 Å². The number of hydrogen-bond donors (Lipinski definition) is 1. The van der Waals surface area contributed by atoms with Gasteiger partial charge < -0.3 is 14.7 Å². The van der Waals surface area contributed by atoms with Crippen LogP contribution in [-0.4, -0.2) is 53.1 Å². The molecule has 2 aliphatic rings. The van der Waals surface area contributed by atoms with Crippen LogP contribution in [0, 0.1) is 11.8 Å². The first kappa shape index (κ1) is 17.0. The highest BCUT2D eigenvalue weighted by Gasteiger charge is 2.54. The molecule has 0 spiro atoms. The van der Waals surface area contributed by atoms with E-state index < -0.39 is 29.4 Å². The van der Waals surface area contributed by atoms with Crippen molar-refractivity contribution in [2.24, 2.45) is 11.8 Å². The van der Waals surface area contributed by atoms with Crippen LogP contribution in [0.4, 0.5) is 13.2 Å². The van der Waals surface area contributed by atoms with Crippen LogP contribution >= 0.6 is 0 Å². The van der Waals surface area contributed by atoms with E-state index in [4.69, 9.17) is 4.74 Å². The van der Waals surface area contributed by atoms with Gasteiger partial charge in [0.15, 0.2) is 0 Å². The average Bonchev–Trinajstić information content (AvgIpc) is 2.47. The number of hydrogen-bond acceptors (Lipinski definition) is 3. The summed E-state index contributed by atoms with van der Waals surface area (Å²) in [5, 5.41) is 10.4. The molecule has 0 saturated carbocycles. The normalized spacial score (nSPS) is 36.9. The number of halogens is 3. The minimum absolute atomic E-state index is 0.0310. The monoisotopic (exact) mass is 309 g/mol. The Balaban J connectivity index is 2.04. The lowest BCUT2D eigenvalue weighted by molar-refractivity contribution is -0.187. The molecule has 0 aromatic rings. The second kappa shape index (κ2) is 5.39. The fourth-order valence-corrected chi connectivity index (χ4v) is 3.77. The fraction of sp³-hybridized carbons (Fsp3) is 1.00. The van der Waals surface area contributed by atoms with Gasteiger partial charge in [-0.25, -0.2) is 0 Å². The van der Waals surface area contributed by atoms with E-state index in [1.807, 2.05) is 32.6 Å². The minimum atomic E-state index is -4.13. The Labute approximate surface area is 124 Å². The molecule has 3 nitrogen and oxygen atoms in total. The maximum absolute atomic E-state index is 12.9. The maximum Gasteiger partial charge on any atom is 0.393 e. The number of piperidine rings is 1. The van der Waals surface area contributed by atoms with E-state index in [1.54, 1.807) is 0 Å². The zero-order valence-corrected chi connectivity index (χ0v) is 13.2. The molecule has 0 aliphatic carbocycles. The van der Waals surface area contributed by atoms with Crippen LogP contribution in [0.3, 0.4) is 0 Å². The second-order valence-corrected chi connectivity index (χ2v) is 7.50. The molecule has 2 heterocycles. The Morgan fingerprint density at radius 1 is 1.19 bits per heavy atom. The molecule has 0 amide bonds. The molecule has 2 aliphatic heterocycles. The molecule has 0 aromatic heterocycles. The van der Waals surface area contributed by atoms with Gasteiger partial charge in [-0.05, 0) is 47.1 Å². The number of ether oxygens (including phenoxy) is 1. The molecule has 2 saturated heterocycles. The lowest BCUT2D eigenvalue weighted by Crippen LogP contribution is -2.48. The van der Waals surface area contributed by atoms with Gasteiger partial charge in [0.2, 0.25) is 0 Å². The predicted molar refractivity (Wildman–Crippen MR) is 74.0 cm³/mol. The van der Waals surface area contributed by atoms with Crippen molar-refractivity contribution < 1.29 is 23.0 Å². The van der Waals surface area contributed by atoms with Crippen molar-refractivity contribution in [3.8, 4) is 0 Å². The minimum Gasteiger partial charge on any atom is -0.390 e. The molecule has 6 heteroatoms. The van der Waals surface area contributed by atoms with Gasteiger partial charge in [0.05, 0.1) is 23.2 Å². The molecule has 124 valence electrons. The SMILES string of the molecule is CC1(C)OC(C)(C)C(CN2CCCC(C(F)(F)F)C2)C1O. The molecule has 0 aromatic carbocycles. The summed E-state index contributed by atoms with van der Waals surface area (Å²) in [5.74, 6) is -1.43. The fourth-order valence-electron chi connectivity index (χ4n) is 3.77. The Kier molecular flexibility index (Phi) is 4.37. The standard InChI is InChI=1S/C15H26F3NO2/c1-13(2)11(12(20)14(3,4)21-13)9-19-7-5-6-10(8-19)15(16,17)18/h10-12,20H,5-9H2,1-4H3. The van der Waals surface area contributed by atoms with Gasteiger partial charge in [0, 0.05) is 19.0 Å². The van der Waals surface area contributed by atoms with Gasteiger partial charge in [-0.1, -0.05) is 0 Å². The number of aliphatic hydroxyl groups excluding tert-OH is 1. The Hall–Kier alpha value is -0.330. The van der Waals surface area contributed by atoms with Crippen LogP contribution in [0.5, 0.6) is 0 Å². The quantitative estimate of drug-likeness (QED) is 0.851. The molecule has 0 bridgehead atoms. The number of nitrogens with zero attached hydrogens (tertiary/aromatic N) is 1. The van der Waals surface area contributed by atoms with Crippen molar-refractivity contribution in [2.75, 3.05) is 19.6 Å². The van der Waals surface area contributed by atoms with Crippen molar-refractivity contribution in [2.45, 2.75) is 64.0 Å². The molecule has 3 unspecified atom stereocenters. The summed E-state index contributed by atoms with van der Waals surface area (Å²) in [5.41, 5.74) is -1.19. The molecule has 3 atom stereocenters. The van der Waals surface area contributed by atoms with Crippen molar-refractivity contribution in [1.82, 2.24) is 4.90 Å². The zero-order valence-electron chi connectivity index (χ0n) is 13.2. The van der Waals surface area contributed by atoms with E-state index in [-0.39, 0.29) is 18.9 Å². The Bertz CT molecular complexity index is 382. The molecule has 0 radical (unpaired) electrons. The summed E-state index contributed by atoms with van der Waals surface area (Å²) in [6, 6.07) is 0. The van der Waals surface area contributed by atoms with Crippen LogP contribution in [-0.2, 0) is 4.74 Å². The number of likely N-dealkylation sites (tertiary alicyclic amines) is 1. The van der Waals surface area contributed by atoms with Crippen LogP contribution in [0.1, 0.15) is 40.5 Å². The summed E-state index contributed by atoms with van der Waals surface area (Å²) in [7, 11) is 0. The number of aliphatic hydroxyl groups is 1. The smallest absolute Gasteiger partial charge is 0.390 e. The highest BCUT2D eigenvalue weighted by atomic mass is 19.4. The predicted octanol–water partition coefficient (Wildman–Crippen LogP) is 2.83.